The lowest BCUT2D eigenvalue weighted by Gasteiger charge is -2.15. The van der Waals surface area contributed by atoms with Gasteiger partial charge >= 0.3 is 12.1 Å². The highest BCUT2D eigenvalue weighted by Crippen LogP contribution is 2.15. The van der Waals surface area contributed by atoms with Crippen molar-refractivity contribution in [3.8, 4) is 5.75 Å². The van der Waals surface area contributed by atoms with Crippen LogP contribution in [-0.2, 0) is 22.5 Å². The number of carboxylic acid groups (broad SMARTS) is 1. The fourth-order valence-corrected chi connectivity index (χ4v) is 2.51. The van der Waals surface area contributed by atoms with Crippen LogP contribution in [0.4, 0.5) is 4.79 Å². The molecule has 0 aliphatic carbocycles. The molecule has 2 aromatic carbocycles. The molecule has 0 saturated heterocycles. The molecular weight excluding hydrogens is 368 g/mol. The summed E-state index contributed by atoms with van der Waals surface area (Å²) in [6.45, 7) is -0.0294. The third kappa shape index (κ3) is 7.32. The molecule has 1 amide bonds. The van der Waals surface area contributed by atoms with Crippen LogP contribution in [0.15, 0.2) is 54.6 Å². The van der Waals surface area contributed by atoms with Gasteiger partial charge in [0.1, 0.15) is 11.8 Å². The van der Waals surface area contributed by atoms with Gasteiger partial charge in [0.15, 0.2) is 0 Å². The fraction of sp³-hybridized carbons (Fsp3) is 0.263. The molecule has 0 saturated carbocycles. The van der Waals surface area contributed by atoms with Gasteiger partial charge in [-0.1, -0.05) is 42.5 Å². The number of nitrogens with zero attached hydrogens (tertiary/aromatic N) is 1. The molecule has 2 aromatic rings. The lowest BCUT2D eigenvalue weighted by molar-refractivity contribution is -0.757. The molecule has 9 nitrogen and oxygen atoms in total. The molecule has 2 rings (SSSR count). The van der Waals surface area contributed by atoms with Gasteiger partial charge in [-0.25, -0.2) is 9.59 Å². The van der Waals surface area contributed by atoms with Crippen LogP contribution in [0.5, 0.6) is 5.75 Å². The molecule has 28 heavy (non-hydrogen) atoms. The summed E-state index contributed by atoms with van der Waals surface area (Å²) < 4.78 is 5.17. The van der Waals surface area contributed by atoms with E-state index in [1.54, 1.807) is 48.5 Å². The molecule has 0 bridgehead atoms. The van der Waals surface area contributed by atoms with Gasteiger partial charge in [0.2, 0.25) is 0 Å². The maximum Gasteiger partial charge on any atom is 0.413 e. The molecule has 0 heterocycles. The molecule has 0 radical (unpaired) electrons. The fourth-order valence-electron chi connectivity index (χ4n) is 2.51. The zero-order valence-electron chi connectivity index (χ0n) is 14.9. The topological polar surface area (TPSA) is 128 Å². The minimum Gasteiger partial charge on any atom is -0.480 e. The van der Waals surface area contributed by atoms with Crippen molar-refractivity contribution in [2.24, 2.45) is 0 Å². The Bertz CT molecular complexity index is 811. The highest BCUT2D eigenvalue weighted by Gasteiger charge is 2.21. The van der Waals surface area contributed by atoms with E-state index >= 15 is 0 Å². The Balaban J connectivity index is 1.89. The molecule has 0 aromatic heterocycles. The first kappa shape index (κ1) is 20.7. The quantitative estimate of drug-likeness (QED) is 0.364. The van der Waals surface area contributed by atoms with Crippen molar-refractivity contribution < 1.29 is 29.4 Å². The van der Waals surface area contributed by atoms with E-state index in [9.17, 15) is 24.8 Å². The van der Waals surface area contributed by atoms with Gasteiger partial charge in [0.25, 0.3) is 5.09 Å². The maximum absolute atomic E-state index is 12.1. The first-order valence-electron chi connectivity index (χ1n) is 8.55. The van der Waals surface area contributed by atoms with Crippen molar-refractivity contribution in [3.63, 3.8) is 0 Å². The number of carboxylic acids is 1. The van der Waals surface area contributed by atoms with Crippen LogP contribution >= 0.6 is 0 Å². The monoisotopic (exact) mass is 388 g/mol. The minimum atomic E-state index is -1.17. The Morgan fingerprint density at radius 3 is 2.50 bits per heavy atom. The third-order valence-electron chi connectivity index (χ3n) is 3.79. The molecule has 1 unspecified atom stereocenters. The first-order valence-corrected chi connectivity index (χ1v) is 8.55. The lowest BCUT2D eigenvalue weighted by atomic mass is 10.1. The number of benzene rings is 2. The van der Waals surface area contributed by atoms with E-state index in [1.807, 2.05) is 6.07 Å². The van der Waals surface area contributed by atoms with E-state index in [-0.39, 0.29) is 18.8 Å². The summed E-state index contributed by atoms with van der Waals surface area (Å²) in [6, 6.07) is 14.4. The first-order chi connectivity index (χ1) is 13.4. The normalized spacial score (nSPS) is 11.3. The second-order valence-electron chi connectivity index (χ2n) is 5.92. The molecule has 0 aliphatic heterocycles. The maximum atomic E-state index is 12.1. The van der Waals surface area contributed by atoms with Crippen LogP contribution in [0, 0.1) is 10.1 Å². The third-order valence-corrected chi connectivity index (χ3v) is 3.79. The molecule has 1 atom stereocenters. The number of aliphatic carboxylic acids is 1. The average Bonchev–Trinajstić information content (AvgIpc) is 2.65. The van der Waals surface area contributed by atoms with Crippen LogP contribution in [-0.4, -0.2) is 34.9 Å². The van der Waals surface area contributed by atoms with Crippen LogP contribution in [0.1, 0.15) is 17.5 Å². The van der Waals surface area contributed by atoms with Gasteiger partial charge in [-0.2, -0.15) is 0 Å². The molecule has 0 fully saturated rings. The van der Waals surface area contributed by atoms with Crippen LogP contribution < -0.4 is 10.1 Å². The smallest absolute Gasteiger partial charge is 0.413 e. The van der Waals surface area contributed by atoms with Crippen molar-refractivity contribution in [3.05, 3.63) is 75.8 Å². The van der Waals surface area contributed by atoms with Gasteiger partial charge in [-0.15, -0.1) is 10.1 Å². The average molecular weight is 388 g/mol. The number of ether oxygens (including phenoxy) is 1. The Morgan fingerprint density at radius 1 is 1.11 bits per heavy atom. The number of carbonyl (C=O) groups is 2. The van der Waals surface area contributed by atoms with Crippen molar-refractivity contribution in [2.75, 3.05) is 6.61 Å². The Kier molecular flexibility index (Phi) is 7.77. The highest BCUT2D eigenvalue weighted by molar-refractivity contribution is 5.81. The van der Waals surface area contributed by atoms with Gasteiger partial charge in [0, 0.05) is 6.42 Å². The predicted octanol–water partition coefficient (Wildman–Crippen LogP) is 2.61. The number of aryl methyl sites for hydroxylation is 1. The Hall–Kier alpha value is -3.62. The lowest BCUT2D eigenvalue weighted by Crippen LogP contribution is -2.43. The van der Waals surface area contributed by atoms with E-state index in [0.29, 0.717) is 12.8 Å². The summed E-state index contributed by atoms with van der Waals surface area (Å²) in [5.41, 5.74) is 1.57. The molecule has 0 aliphatic rings. The van der Waals surface area contributed by atoms with Gasteiger partial charge in [-0.05, 0) is 36.1 Å². The van der Waals surface area contributed by atoms with Gasteiger partial charge in [0.05, 0.1) is 6.61 Å². The molecule has 0 spiro atoms. The Labute approximate surface area is 161 Å². The Morgan fingerprint density at radius 2 is 1.82 bits per heavy atom. The summed E-state index contributed by atoms with van der Waals surface area (Å²) in [4.78, 5) is 37.8. The zero-order chi connectivity index (χ0) is 20.4. The standard InChI is InChI=1S/C19H20N2O7/c22-18(23)17(13-15-6-2-1-3-7-15)20-19(24)28-16-10-4-8-14(12-16)9-5-11-27-21(25)26/h1-4,6-8,10,12,17H,5,9,11,13H2,(H,20,24)(H,22,23). The van der Waals surface area contributed by atoms with Crippen LogP contribution in [0.25, 0.3) is 0 Å². The number of nitrogens with one attached hydrogen (secondary N) is 1. The summed E-state index contributed by atoms with van der Waals surface area (Å²) in [6.07, 6.45) is 0.173. The SMILES string of the molecule is O=C(NC(Cc1ccccc1)C(=O)O)Oc1cccc(CCCO[N+](=O)[O-])c1. The van der Waals surface area contributed by atoms with Gasteiger partial charge < -0.3 is 20.0 Å². The van der Waals surface area contributed by atoms with Crippen LogP contribution in [0.2, 0.25) is 0 Å². The molecule has 9 heteroatoms. The molecule has 2 N–H and O–H groups in total. The molecular formula is C19H20N2O7. The summed E-state index contributed by atoms with van der Waals surface area (Å²) in [5.74, 6) is -0.922. The second kappa shape index (κ2) is 10.5. The van der Waals surface area contributed by atoms with E-state index in [1.165, 1.54) is 0 Å². The number of carbonyl (C=O) groups excluding carboxylic acids is 1. The van der Waals surface area contributed by atoms with Crippen molar-refractivity contribution in [1.29, 1.82) is 0 Å². The van der Waals surface area contributed by atoms with Crippen molar-refractivity contribution >= 4 is 12.1 Å². The van der Waals surface area contributed by atoms with E-state index < -0.39 is 23.2 Å². The van der Waals surface area contributed by atoms with E-state index in [4.69, 9.17) is 4.74 Å². The molecule has 148 valence electrons. The van der Waals surface area contributed by atoms with Crippen LogP contribution in [0.3, 0.4) is 0 Å². The minimum absolute atomic E-state index is 0.0294. The largest absolute Gasteiger partial charge is 0.480 e. The summed E-state index contributed by atoms with van der Waals surface area (Å²) in [5, 5.41) is 20.9. The van der Waals surface area contributed by atoms with Crippen molar-refractivity contribution in [1.82, 2.24) is 5.32 Å². The van der Waals surface area contributed by atoms with E-state index in [2.05, 4.69) is 10.2 Å². The number of hydrogen-bond donors (Lipinski definition) is 2. The number of amides is 1. The predicted molar refractivity (Wildman–Crippen MR) is 98.4 cm³/mol. The number of rotatable bonds is 10. The van der Waals surface area contributed by atoms with Crippen molar-refractivity contribution in [2.45, 2.75) is 25.3 Å². The summed E-state index contributed by atoms with van der Waals surface area (Å²) >= 11 is 0. The van der Waals surface area contributed by atoms with E-state index in [0.717, 1.165) is 11.1 Å². The number of hydrogen-bond acceptors (Lipinski definition) is 6. The summed E-state index contributed by atoms with van der Waals surface area (Å²) in [7, 11) is 0. The van der Waals surface area contributed by atoms with Gasteiger partial charge in [-0.3, -0.25) is 0 Å². The highest BCUT2D eigenvalue weighted by atomic mass is 16.9. The zero-order valence-corrected chi connectivity index (χ0v) is 14.9. The second-order valence-corrected chi connectivity index (χ2v) is 5.92.